The predicted octanol–water partition coefficient (Wildman–Crippen LogP) is 2.98. The van der Waals surface area contributed by atoms with Gasteiger partial charge in [-0.1, -0.05) is 27.2 Å². The molecule has 1 atom stereocenters. The summed E-state index contributed by atoms with van der Waals surface area (Å²) < 4.78 is 0. The summed E-state index contributed by atoms with van der Waals surface area (Å²) in [4.78, 5) is 38.6. The Morgan fingerprint density at radius 3 is 2.54 bits per heavy atom. The zero-order chi connectivity index (χ0) is 18.9. The van der Waals surface area contributed by atoms with Crippen molar-refractivity contribution < 1.29 is 14.4 Å². The maximum atomic E-state index is 12.7. The van der Waals surface area contributed by atoms with Crippen molar-refractivity contribution in [3.05, 3.63) is 0 Å². The number of imide groups is 1. The van der Waals surface area contributed by atoms with Crippen LogP contribution in [0.25, 0.3) is 0 Å². The molecule has 0 bridgehead atoms. The molecule has 0 aromatic carbocycles. The van der Waals surface area contributed by atoms with E-state index in [2.05, 4.69) is 26.1 Å². The van der Waals surface area contributed by atoms with Gasteiger partial charge in [-0.3, -0.25) is 19.3 Å². The van der Waals surface area contributed by atoms with Gasteiger partial charge in [0.2, 0.25) is 17.7 Å². The van der Waals surface area contributed by atoms with Crippen LogP contribution < -0.4 is 5.32 Å². The van der Waals surface area contributed by atoms with E-state index in [0.717, 1.165) is 37.9 Å². The monoisotopic (exact) mass is 380 g/mol. The van der Waals surface area contributed by atoms with E-state index < -0.39 is 5.41 Å². The maximum absolute atomic E-state index is 12.7. The highest BCUT2D eigenvalue weighted by atomic mass is 32.2. The summed E-state index contributed by atoms with van der Waals surface area (Å²) in [5, 5.41) is 3.07. The summed E-state index contributed by atoms with van der Waals surface area (Å²) in [6.07, 6.45) is 6.46. The van der Waals surface area contributed by atoms with Gasteiger partial charge in [0, 0.05) is 18.2 Å². The third-order valence-corrected chi connectivity index (χ3v) is 8.25. The van der Waals surface area contributed by atoms with Gasteiger partial charge in [-0.15, -0.1) is 0 Å². The van der Waals surface area contributed by atoms with Gasteiger partial charge in [0.25, 0.3) is 0 Å². The Bertz CT molecular complexity index is 576. The number of likely N-dealkylation sites (tertiary alicyclic amines) is 1. The summed E-state index contributed by atoms with van der Waals surface area (Å²) in [6.45, 7) is 6.80. The summed E-state index contributed by atoms with van der Waals surface area (Å²) in [6, 6.07) is 0.176. The first-order chi connectivity index (χ1) is 12.3. The molecule has 5 nitrogen and oxygen atoms in total. The molecule has 2 heterocycles. The molecule has 26 heavy (non-hydrogen) atoms. The molecular weight excluding hydrogens is 348 g/mol. The molecule has 3 amide bonds. The molecule has 0 aromatic rings. The van der Waals surface area contributed by atoms with Crippen molar-refractivity contribution in [2.75, 3.05) is 18.1 Å². The Hall–Kier alpha value is -1.04. The summed E-state index contributed by atoms with van der Waals surface area (Å²) in [5.74, 6) is 1.86. The van der Waals surface area contributed by atoms with Gasteiger partial charge in [0.05, 0.1) is 5.41 Å². The van der Waals surface area contributed by atoms with Gasteiger partial charge < -0.3 is 5.32 Å². The molecule has 1 N–H and O–H groups in total. The van der Waals surface area contributed by atoms with Gasteiger partial charge in [-0.05, 0) is 49.2 Å². The molecule has 1 aliphatic carbocycles. The van der Waals surface area contributed by atoms with E-state index in [1.807, 2.05) is 0 Å². The Labute approximate surface area is 161 Å². The minimum absolute atomic E-state index is 0.107. The van der Waals surface area contributed by atoms with Crippen molar-refractivity contribution in [1.29, 1.82) is 0 Å². The minimum atomic E-state index is -0.522. The molecule has 2 aliphatic heterocycles. The predicted molar refractivity (Wildman–Crippen MR) is 104 cm³/mol. The molecule has 0 radical (unpaired) electrons. The van der Waals surface area contributed by atoms with Crippen LogP contribution >= 0.6 is 11.8 Å². The first-order valence-corrected chi connectivity index (χ1v) is 11.1. The van der Waals surface area contributed by atoms with Crippen LogP contribution in [0.2, 0.25) is 0 Å². The number of carbonyl (C=O) groups is 3. The van der Waals surface area contributed by atoms with Gasteiger partial charge in [0.1, 0.15) is 6.54 Å². The molecule has 2 saturated heterocycles. The van der Waals surface area contributed by atoms with E-state index in [-0.39, 0.29) is 36.7 Å². The van der Waals surface area contributed by atoms with Crippen LogP contribution in [0.15, 0.2) is 0 Å². The van der Waals surface area contributed by atoms with Crippen molar-refractivity contribution in [2.24, 2.45) is 16.7 Å². The van der Waals surface area contributed by atoms with Crippen LogP contribution in [0.5, 0.6) is 0 Å². The average molecular weight is 381 g/mol. The van der Waals surface area contributed by atoms with E-state index in [9.17, 15) is 14.4 Å². The van der Waals surface area contributed by atoms with Crippen LogP contribution in [0.4, 0.5) is 0 Å². The van der Waals surface area contributed by atoms with Crippen LogP contribution in [0.3, 0.4) is 0 Å². The lowest BCUT2D eigenvalue weighted by molar-refractivity contribution is -0.144. The smallest absolute Gasteiger partial charge is 0.240 e. The fraction of sp³-hybridized carbons (Fsp3) is 0.850. The lowest BCUT2D eigenvalue weighted by atomic mass is 9.69. The van der Waals surface area contributed by atoms with Crippen molar-refractivity contribution in [1.82, 2.24) is 10.2 Å². The average Bonchev–Trinajstić information content (AvgIpc) is 3.16. The molecule has 1 saturated carbocycles. The molecular formula is C20H32N2O3S. The van der Waals surface area contributed by atoms with E-state index in [0.29, 0.717) is 17.1 Å². The molecule has 3 fully saturated rings. The highest BCUT2D eigenvalue weighted by Gasteiger charge is 2.53. The molecule has 1 unspecified atom stereocenters. The topological polar surface area (TPSA) is 66.5 Å². The number of hydrogen-bond acceptors (Lipinski definition) is 4. The van der Waals surface area contributed by atoms with Crippen molar-refractivity contribution in [2.45, 2.75) is 71.8 Å². The third kappa shape index (κ3) is 3.80. The van der Waals surface area contributed by atoms with E-state index >= 15 is 0 Å². The summed E-state index contributed by atoms with van der Waals surface area (Å²) in [5.41, 5.74) is -0.164. The summed E-state index contributed by atoms with van der Waals surface area (Å²) in [7, 11) is 0. The van der Waals surface area contributed by atoms with Gasteiger partial charge in [0.15, 0.2) is 0 Å². The van der Waals surface area contributed by atoms with Crippen LogP contribution in [0.1, 0.15) is 65.7 Å². The van der Waals surface area contributed by atoms with Crippen molar-refractivity contribution in [3.63, 3.8) is 0 Å². The van der Waals surface area contributed by atoms with E-state index in [4.69, 9.17) is 0 Å². The highest BCUT2D eigenvalue weighted by Crippen LogP contribution is 2.45. The second kappa shape index (κ2) is 7.53. The second-order valence-corrected chi connectivity index (χ2v) is 10.1. The van der Waals surface area contributed by atoms with Gasteiger partial charge in [-0.2, -0.15) is 11.8 Å². The Morgan fingerprint density at radius 2 is 1.96 bits per heavy atom. The number of rotatable bonds is 5. The SMILES string of the molecule is CCC(C)(C)C1CCC(NC(=O)CN2C(=O)CC3(CCSC3)C2=O)CC1. The molecule has 146 valence electrons. The number of carbonyl (C=O) groups excluding carboxylic acids is 3. The normalized spacial score (nSPS) is 32.5. The Balaban J connectivity index is 1.49. The lowest BCUT2D eigenvalue weighted by Crippen LogP contribution is -2.46. The van der Waals surface area contributed by atoms with Crippen molar-refractivity contribution >= 4 is 29.5 Å². The number of nitrogens with one attached hydrogen (secondary N) is 1. The van der Waals surface area contributed by atoms with E-state index in [1.54, 1.807) is 11.8 Å². The molecule has 6 heteroatoms. The first-order valence-electron chi connectivity index (χ1n) is 9.99. The second-order valence-electron chi connectivity index (χ2n) is 9.00. The molecule has 0 aromatic heterocycles. The number of amides is 3. The maximum Gasteiger partial charge on any atom is 0.240 e. The highest BCUT2D eigenvalue weighted by molar-refractivity contribution is 7.99. The lowest BCUT2D eigenvalue weighted by Gasteiger charge is -2.39. The molecule has 1 spiro atoms. The number of nitrogens with zero attached hydrogens (tertiary/aromatic N) is 1. The Kier molecular flexibility index (Phi) is 5.71. The van der Waals surface area contributed by atoms with Crippen LogP contribution in [-0.2, 0) is 14.4 Å². The number of thioether (sulfide) groups is 1. The fourth-order valence-electron chi connectivity index (χ4n) is 4.66. The quantitative estimate of drug-likeness (QED) is 0.745. The zero-order valence-electron chi connectivity index (χ0n) is 16.3. The van der Waals surface area contributed by atoms with E-state index in [1.165, 1.54) is 11.3 Å². The van der Waals surface area contributed by atoms with Crippen LogP contribution in [-0.4, -0.2) is 46.7 Å². The van der Waals surface area contributed by atoms with Crippen molar-refractivity contribution in [3.8, 4) is 0 Å². The standard InChI is InChI=1S/C20H32N2O3S/c1-4-19(2,3)14-5-7-15(8-6-14)21-16(23)12-22-17(24)11-20(18(22)25)9-10-26-13-20/h14-15H,4-13H2,1-3H3,(H,21,23). The first kappa shape index (κ1) is 19.7. The third-order valence-electron chi connectivity index (χ3n) is 7.00. The molecule has 3 aliphatic rings. The fourth-order valence-corrected chi connectivity index (χ4v) is 6.10. The molecule has 3 rings (SSSR count). The number of hydrogen-bond donors (Lipinski definition) is 1. The van der Waals surface area contributed by atoms with Gasteiger partial charge >= 0.3 is 0 Å². The minimum Gasteiger partial charge on any atom is -0.352 e. The zero-order valence-corrected chi connectivity index (χ0v) is 17.1. The largest absolute Gasteiger partial charge is 0.352 e. The summed E-state index contributed by atoms with van der Waals surface area (Å²) >= 11 is 1.73. The van der Waals surface area contributed by atoms with Gasteiger partial charge in [-0.25, -0.2) is 0 Å². The van der Waals surface area contributed by atoms with Crippen LogP contribution in [0, 0.1) is 16.7 Å². The Morgan fingerprint density at radius 1 is 1.27 bits per heavy atom.